The van der Waals surface area contributed by atoms with Crippen molar-refractivity contribution in [3.8, 4) is 0 Å². The number of nitrogens with one attached hydrogen (secondary N) is 1. The third-order valence-electron chi connectivity index (χ3n) is 17.0. The van der Waals surface area contributed by atoms with Crippen molar-refractivity contribution in [2.45, 2.75) is 378 Å². The molecule has 88 heavy (non-hydrogen) atoms. The average molecular weight is 1240 g/mol. The van der Waals surface area contributed by atoms with Gasteiger partial charge in [0.1, 0.15) is 24.4 Å². The third-order valence-corrected chi connectivity index (χ3v) is 17.0. The minimum absolute atomic E-state index is 0.117. The van der Waals surface area contributed by atoms with Crippen LogP contribution in [-0.2, 0) is 23.8 Å². The van der Waals surface area contributed by atoms with Crippen LogP contribution in [0.25, 0.3) is 0 Å². The topological polar surface area (TPSA) is 175 Å². The summed E-state index contributed by atoms with van der Waals surface area (Å²) in [5.41, 5.74) is 0. The second-order valence-corrected chi connectivity index (χ2v) is 25.3. The molecule has 0 aromatic rings. The third kappa shape index (κ3) is 50.5. The van der Waals surface area contributed by atoms with Gasteiger partial charge in [0, 0.05) is 6.42 Å². The van der Waals surface area contributed by atoms with Gasteiger partial charge in [0.25, 0.3) is 0 Å². The van der Waals surface area contributed by atoms with E-state index in [9.17, 15) is 35.1 Å². The molecule has 0 radical (unpaired) electrons. The van der Waals surface area contributed by atoms with Gasteiger partial charge in [0.15, 0.2) is 12.4 Å². The van der Waals surface area contributed by atoms with Crippen molar-refractivity contribution in [1.82, 2.24) is 5.32 Å². The molecule has 0 aromatic carbocycles. The Labute approximate surface area is 540 Å². The van der Waals surface area contributed by atoms with E-state index in [4.69, 9.17) is 14.2 Å². The first-order valence-electron chi connectivity index (χ1n) is 36.9. The molecule has 0 aliphatic carbocycles. The number of carbonyl (C=O) groups excluding carboxylic acids is 2. The van der Waals surface area contributed by atoms with E-state index in [2.05, 4.69) is 99.0 Å². The molecular formula is C77H137NO10. The molecule has 0 spiro atoms. The molecule has 0 bridgehead atoms. The van der Waals surface area contributed by atoms with Crippen molar-refractivity contribution in [1.29, 1.82) is 0 Å². The van der Waals surface area contributed by atoms with E-state index >= 15 is 0 Å². The van der Waals surface area contributed by atoms with Crippen LogP contribution in [-0.4, -0.2) is 99.6 Å². The molecular weight excluding hydrogens is 1100 g/mol. The van der Waals surface area contributed by atoms with E-state index in [0.717, 1.165) is 96.3 Å². The molecule has 8 unspecified atom stereocenters. The minimum atomic E-state index is -1.62. The van der Waals surface area contributed by atoms with Crippen LogP contribution in [0.3, 0.4) is 0 Å². The Morgan fingerprint density at radius 3 is 1.19 bits per heavy atom. The molecule has 6 N–H and O–H groups in total. The lowest BCUT2D eigenvalue weighted by Crippen LogP contribution is -2.61. The maximum absolute atomic E-state index is 13.5. The van der Waals surface area contributed by atoms with Gasteiger partial charge in [-0.05, 0) is 103 Å². The Kier molecular flexibility index (Phi) is 60.2. The van der Waals surface area contributed by atoms with Gasteiger partial charge in [0.05, 0.1) is 25.4 Å². The van der Waals surface area contributed by atoms with E-state index < -0.39 is 67.4 Å². The summed E-state index contributed by atoms with van der Waals surface area (Å²) in [7, 11) is 0. The van der Waals surface area contributed by atoms with E-state index in [0.29, 0.717) is 12.8 Å². The van der Waals surface area contributed by atoms with Gasteiger partial charge in [-0.2, -0.15) is 0 Å². The quantitative estimate of drug-likeness (QED) is 0.0195. The molecule has 0 saturated carbocycles. The first-order valence-corrected chi connectivity index (χ1v) is 36.9. The van der Waals surface area contributed by atoms with E-state index in [1.54, 1.807) is 6.08 Å². The average Bonchev–Trinajstić information content (AvgIpc) is 1.29. The number of esters is 1. The highest BCUT2D eigenvalue weighted by Crippen LogP contribution is 2.26. The molecule has 510 valence electrons. The number of allylic oxidation sites excluding steroid dienone is 13. The number of hydrogen-bond donors (Lipinski definition) is 6. The van der Waals surface area contributed by atoms with Gasteiger partial charge >= 0.3 is 5.97 Å². The number of hydrogen-bond acceptors (Lipinski definition) is 10. The Hall–Kier alpha value is -3.16. The van der Waals surface area contributed by atoms with Crippen LogP contribution in [0.1, 0.15) is 329 Å². The summed E-state index contributed by atoms with van der Waals surface area (Å²) in [5.74, 6) is -1.19. The highest BCUT2D eigenvalue weighted by atomic mass is 16.7. The SMILES string of the molecule is CCCCC/C=C\C/C=C\C/C=C\C/C=C\CCCCCCCCCCCCCC(=O)OC1C(OCC(NC(=O)C(O)CCCCCCCCCCCC/C=C\C/C=C\CCCCC)C(O)/C=C/CCCCCCCCCCCC)OC(CO)C(O)C1O. The normalized spacial score (nSPS) is 18.7. The highest BCUT2D eigenvalue weighted by Gasteiger charge is 2.47. The zero-order valence-corrected chi connectivity index (χ0v) is 56.8. The monoisotopic (exact) mass is 1240 g/mol. The zero-order chi connectivity index (χ0) is 63.9. The molecule has 1 heterocycles. The second kappa shape index (κ2) is 64.0. The predicted octanol–water partition coefficient (Wildman–Crippen LogP) is 19.2. The summed E-state index contributed by atoms with van der Waals surface area (Å²) in [6.45, 7) is 5.77. The number of unbranched alkanes of at least 4 members (excludes halogenated alkanes) is 37. The zero-order valence-electron chi connectivity index (χ0n) is 56.8. The number of carbonyl (C=O) groups is 2. The number of amides is 1. The molecule has 1 amide bonds. The van der Waals surface area contributed by atoms with Crippen molar-refractivity contribution in [2.75, 3.05) is 13.2 Å². The van der Waals surface area contributed by atoms with Crippen LogP contribution in [0.15, 0.2) is 85.1 Å². The van der Waals surface area contributed by atoms with Crippen molar-refractivity contribution in [3.63, 3.8) is 0 Å². The molecule has 1 saturated heterocycles. The van der Waals surface area contributed by atoms with Gasteiger partial charge in [-0.1, -0.05) is 305 Å². The summed E-state index contributed by atoms with van der Waals surface area (Å²) in [6.07, 6.45) is 74.7. The van der Waals surface area contributed by atoms with Crippen LogP contribution in [0, 0.1) is 0 Å². The number of ether oxygens (including phenoxy) is 3. The van der Waals surface area contributed by atoms with Crippen molar-refractivity contribution in [2.24, 2.45) is 0 Å². The lowest BCUT2D eigenvalue weighted by molar-refractivity contribution is -0.305. The fourth-order valence-electron chi connectivity index (χ4n) is 11.2. The fraction of sp³-hybridized carbons (Fsp3) is 0.792. The summed E-state index contributed by atoms with van der Waals surface area (Å²) >= 11 is 0. The first-order chi connectivity index (χ1) is 43.2. The second-order valence-electron chi connectivity index (χ2n) is 25.3. The van der Waals surface area contributed by atoms with E-state index in [1.807, 2.05) is 6.08 Å². The molecule has 0 aromatic heterocycles. The van der Waals surface area contributed by atoms with Crippen molar-refractivity contribution < 1.29 is 49.3 Å². The summed E-state index contributed by atoms with van der Waals surface area (Å²) in [5, 5.41) is 57.3. The maximum atomic E-state index is 13.5. The molecule has 8 atom stereocenters. The number of aliphatic hydroxyl groups is 5. The van der Waals surface area contributed by atoms with Gasteiger partial charge in [-0.3, -0.25) is 9.59 Å². The standard InChI is InChI=1S/C77H137NO10/c1-4-7-10-13-16-19-22-25-27-29-31-33-34-35-36-37-38-39-41-43-45-47-50-53-56-59-62-65-72(82)88-75-74(84)73(83)71(66-79)87-77(75)86-67-68(69(80)63-60-57-54-51-48-24-21-18-15-12-9-6-3)78-76(85)70(81)64-61-58-55-52-49-46-44-42-40-32-30-28-26-23-20-17-14-11-8-5-2/h16-17,19-20,25-28,31,33,35-36,60,63,68-71,73-75,77,79-81,83-84H,4-15,18,21-24,29-30,32,34,37-59,61-62,64-67H2,1-3H3,(H,78,85)/b19-16-,20-17-,27-25-,28-26-,33-31-,36-35-,63-60+. The number of rotatable bonds is 63. The maximum Gasteiger partial charge on any atom is 0.306 e. The lowest BCUT2D eigenvalue weighted by Gasteiger charge is -2.41. The van der Waals surface area contributed by atoms with Crippen LogP contribution < -0.4 is 5.32 Å². The Morgan fingerprint density at radius 1 is 0.443 bits per heavy atom. The van der Waals surface area contributed by atoms with Crippen LogP contribution in [0.2, 0.25) is 0 Å². The smallest absolute Gasteiger partial charge is 0.306 e. The van der Waals surface area contributed by atoms with E-state index in [1.165, 1.54) is 186 Å². The van der Waals surface area contributed by atoms with Crippen molar-refractivity contribution in [3.05, 3.63) is 85.1 Å². The molecule has 1 aliphatic rings. The van der Waals surface area contributed by atoms with E-state index in [-0.39, 0.29) is 19.4 Å². The van der Waals surface area contributed by atoms with Gasteiger partial charge in [0.2, 0.25) is 5.91 Å². The highest BCUT2D eigenvalue weighted by molar-refractivity contribution is 5.80. The Balaban J connectivity index is 2.55. The summed E-state index contributed by atoms with van der Waals surface area (Å²) in [4.78, 5) is 26.7. The fourth-order valence-corrected chi connectivity index (χ4v) is 11.2. The minimum Gasteiger partial charge on any atom is -0.454 e. The molecule has 1 aliphatic heterocycles. The Bertz CT molecular complexity index is 1760. The summed E-state index contributed by atoms with van der Waals surface area (Å²) < 4.78 is 17.7. The summed E-state index contributed by atoms with van der Waals surface area (Å²) in [6, 6.07) is -1.03. The van der Waals surface area contributed by atoms with Crippen LogP contribution in [0.5, 0.6) is 0 Å². The van der Waals surface area contributed by atoms with Crippen LogP contribution in [0.4, 0.5) is 0 Å². The molecule has 1 rings (SSSR count). The molecule has 11 heteroatoms. The lowest BCUT2D eigenvalue weighted by atomic mass is 9.99. The largest absolute Gasteiger partial charge is 0.454 e. The Morgan fingerprint density at radius 2 is 0.784 bits per heavy atom. The van der Waals surface area contributed by atoms with Gasteiger partial charge < -0.3 is 45.1 Å². The predicted molar refractivity (Wildman–Crippen MR) is 370 cm³/mol. The van der Waals surface area contributed by atoms with Gasteiger partial charge in [-0.15, -0.1) is 0 Å². The molecule has 11 nitrogen and oxygen atoms in total. The van der Waals surface area contributed by atoms with Crippen molar-refractivity contribution >= 4 is 11.9 Å². The molecule has 1 fully saturated rings. The number of aliphatic hydroxyl groups excluding tert-OH is 5. The van der Waals surface area contributed by atoms with Crippen LogP contribution >= 0.6 is 0 Å². The first kappa shape index (κ1) is 82.9. The van der Waals surface area contributed by atoms with Gasteiger partial charge in [-0.25, -0.2) is 0 Å².